The van der Waals surface area contributed by atoms with Crippen molar-refractivity contribution in [2.24, 2.45) is 0 Å². The zero-order chi connectivity index (χ0) is 9.84. The van der Waals surface area contributed by atoms with E-state index in [-0.39, 0.29) is 5.90 Å². The fraction of sp³-hybridized carbons (Fsp3) is 0.375. The number of aliphatic hydroxyl groups is 1. The van der Waals surface area contributed by atoms with Gasteiger partial charge in [0, 0.05) is 0 Å². The number of hydrogen-bond acceptors (Lipinski definition) is 4. The van der Waals surface area contributed by atoms with E-state index in [1.165, 1.54) is 6.26 Å². The predicted octanol–water partition coefficient (Wildman–Crippen LogP) is 2.09. The van der Waals surface area contributed by atoms with Crippen molar-refractivity contribution >= 4 is 21.8 Å². The van der Waals surface area contributed by atoms with Gasteiger partial charge >= 0.3 is 0 Å². The van der Waals surface area contributed by atoms with Crippen molar-refractivity contribution in [2.45, 2.75) is 13.0 Å². The van der Waals surface area contributed by atoms with Crippen molar-refractivity contribution in [3.05, 3.63) is 22.6 Å². The fourth-order valence-electron chi connectivity index (χ4n) is 0.854. The molecule has 1 rings (SSSR count). The second kappa shape index (κ2) is 4.43. The van der Waals surface area contributed by atoms with Crippen LogP contribution in [-0.4, -0.2) is 17.6 Å². The number of furan rings is 1. The van der Waals surface area contributed by atoms with E-state index in [0.717, 1.165) is 0 Å². The van der Waals surface area contributed by atoms with Crippen LogP contribution in [0, 0.1) is 5.41 Å². The molecule has 0 amide bonds. The summed E-state index contributed by atoms with van der Waals surface area (Å²) in [5.74, 6) is 0.0802. The Hall–Kier alpha value is -0.810. The molecule has 0 bridgehead atoms. The minimum atomic E-state index is -1.13. The minimum Gasteiger partial charge on any atom is -0.479 e. The van der Waals surface area contributed by atoms with E-state index in [1.54, 1.807) is 13.0 Å². The van der Waals surface area contributed by atoms with Crippen LogP contribution >= 0.6 is 15.9 Å². The van der Waals surface area contributed by atoms with Gasteiger partial charge in [0.05, 0.1) is 17.3 Å². The summed E-state index contributed by atoms with van der Waals surface area (Å²) in [6.45, 7) is 2.10. The summed E-state index contributed by atoms with van der Waals surface area (Å²) in [7, 11) is 0. The smallest absolute Gasteiger partial charge is 0.218 e. The first-order valence-corrected chi connectivity index (χ1v) is 4.58. The predicted molar refractivity (Wildman–Crippen MR) is 50.7 cm³/mol. The molecular weight excluding hydrogens is 238 g/mol. The first kappa shape index (κ1) is 10.3. The zero-order valence-electron chi connectivity index (χ0n) is 7.08. The van der Waals surface area contributed by atoms with Gasteiger partial charge < -0.3 is 14.3 Å². The van der Waals surface area contributed by atoms with Gasteiger partial charge in [-0.2, -0.15) is 0 Å². The third-order valence-electron chi connectivity index (χ3n) is 1.44. The second-order valence-corrected chi connectivity index (χ2v) is 3.19. The average molecular weight is 248 g/mol. The molecule has 0 radical (unpaired) electrons. The number of nitrogens with one attached hydrogen (secondary N) is 1. The number of ether oxygens (including phenoxy) is 1. The van der Waals surface area contributed by atoms with E-state index in [1.807, 2.05) is 0 Å². The van der Waals surface area contributed by atoms with Crippen molar-refractivity contribution in [1.29, 1.82) is 5.41 Å². The van der Waals surface area contributed by atoms with Crippen LogP contribution in [0.2, 0.25) is 0 Å². The molecule has 13 heavy (non-hydrogen) atoms. The molecule has 1 heterocycles. The maximum Gasteiger partial charge on any atom is 0.218 e. The standard InChI is InChI=1S/C8H10BrNO3/c1-2-12-8(10)6(11)7-5(9)3-4-13-7/h3-4,6,10-11H,2H2,1H3. The summed E-state index contributed by atoms with van der Waals surface area (Å²) in [4.78, 5) is 0. The van der Waals surface area contributed by atoms with Gasteiger partial charge in [-0.15, -0.1) is 0 Å². The highest BCUT2D eigenvalue weighted by Gasteiger charge is 2.20. The lowest BCUT2D eigenvalue weighted by Crippen LogP contribution is -2.14. The molecule has 1 aromatic heterocycles. The Morgan fingerprint density at radius 3 is 3.00 bits per heavy atom. The number of halogens is 1. The monoisotopic (exact) mass is 247 g/mol. The van der Waals surface area contributed by atoms with Crippen LogP contribution in [0.1, 0.15) is 18.8 Å². The number of rotatable bonds is 3. The van der Waals surface area contributed by atoms with E-state index in [4.69, 9.17) is 14.6 Å². The van der Waals surface area contributed by atoms with Crippen molar-refractivity contribution in [2.75, 3.05) is 6.61 Å². The Balaban J connectivity index is 2.73. The van der Waals surface area contributed by atoms with Gasteiger partial charge in [-0.05, 0) is 28.9 Å². The molecule has 0 aliphatic carbocycles. The van der Waals surface area contributed by atoms with Crippen LogP contribution in [0.25, 0.3) is 0 Å². The lowest BCUT2D eigenvalue weighted by Gasteiger charge is -2.09. The summed E-state index contributed by atoms with van der Waals surface area (Å²) >= 11 is 3.18. The summed E-state index contributed by atoms with van der Waals surface area (Å²) in [5.41, 5.74) is 0. The Bertz CT molecular complexity index is 297. The van der Waals surface area contributed by atoms with Crippen LogP contribution < -0.4 is 0 Å². The van der Waals surface area contributed by atoms with Crippen LogP contribution in [0.4, 0.5) is 0 Å². The highest BCUT2D eigenvalue weighted by molar-refractivity contribution is 9.10. The van der Waals surface area contributed by atoms with Gasteiger partial charge in [0.15, 0.2) is 11.9 Å². The van der Waals surface area contributed by atoms with Gasteiger partial charge in [-0.25, -0.2) is 0 Å². The third-order valence-corrected chi connectivity index (χ3v) is 2.10. The summed E-state index contributed by atoms with van der Waals surface area (Å²) in [6.07, 6.45) is 0.298. The molecule has 0 aromatic carbocycles. The van der Waals surface area contributed by atoms with Crippen LogP contribution in [0.3, 0.4) is 0 Å². The van der Waals surface area contributed by atoms with Crippen molar-refractivity contribution in [3.63, 3.8) is 0 Å². The Labute approximate surface area is 84.1 Å². The quantitative estimate of drug-likeness (QED) is 0.635. The van der Waals surface area contributed by atoms with E-state index in [2.05, 4.69) is 15.9 Å². The van der Waals surface area contributed by atoms with Gasteiger partial charge in [-0.3, -0.25) is 5.41 Å². The Morgan fingerprint density at radius 1 is 1.85 bits per heavy atom. The molecule has 1 unspecified atom stereocenters. The van der Waals surface area contributed by atoms with Crippen LogP contribution in [0.15, 0.2) is 21.2 Å². The van der Waals surface area contributed by atoms with Gasteiger partial charge in [0.2, 0.25) is 5.90 Å². The molecule has 0 fully saturated rings. The summed E-state index contributed by atoms with van der Waals surface area (Å²) < 4.78 is 10.4. The largest absolute Gasteiger partial charge is 0.479 e. The van der Waals surface area contributed by atoms with Crippen LogP contribution in [0.5, 0.6) is 0 Å². The first-order chi connectivity index (χ1) is 6.16. The fourth-order valence-corrected chi connectivity index (χ4v) is 1.27. The van der Waals surface area contributed by atoms with Gasteiger partial charge in [-0.1, -0.05) is 0 Å². The minimum absolute atomic E-state index is 0.210. The summed E-state index contributed by atoms with van der Waals surface area (Å²) in [5, 5.41) is 16.8. The van der Waals surface area contributed by atoms with Crippen molar-refractivity contribution in [3.8, 4) is 0 Å². The van der Waals surface area contributed by atoms with E-state index in [0.29, 0.717) is 16.8 Å². The first-order valence-electron chi connectivity index (χ1n) is 3.79. The molecule has 0 aliphatic rings. The maximum absolute atomic E-state index is 9.52. The molecule has 72 valence electrons. The van der Waals surface area contributed by atoms with E-state index >= 15 is 0 Å². The molecule has 2 N–H and O–H groups in total. The van der Waals surface area contributed by atoms with Crippen molar-refractivity contribution < 1.29 is 14.3 Å². The molecule has 1 aromatic rings. The molecule has 1 atom stereocenters. The molecule has 0 saturated carbocycles. The molecule has 5 heteroatoms. The second-order valence-electron chi connectivity index (χ2n) is 2.33. The highest BCUT2D eigenvalue weighted by Crippen LogP contribution is 2.25. The lowest BCUT2D eigenvalue weighted by molar-refractivity contribution is 0.168. The van der Waals surface area contributed by atoms with Gasteiger partial charge in [0.25, 0.3) is 0 Å². The van der Waals surface area contributed by atoms with Crippen LogP contribution in [-0.2, 0) is 4.74 Å². The van der Waals surface area contributed by atoms with Crippen molar-refractivity contribution in [1.82, 2.24) is 0 Å². The lowest BCUT2D eigenvalue weighted by atomic mass is 10.3. The number of aliphatic hydroxyl groups excluding tert-OH is 1. The average Bonchev–Trinajstić information content (AvgIpc) is 2.50. The zero-order valence-corrected chi connectivity index (χ0v) is 8.67. The number of hydrogen-bond donors (Lipinski definition) is 2. The Morgan fingerprint density at radius 2 is 2.54 bits per heavy atom. The third kappa shape index (κ3) is 2.32. The van der Waals surface area contributed by atoms with Gasteiger partial charge in [0.1, 0.15) is 0 Å². The topological polar surface area (TPSA) is 66.5 Å². The highest BCUT2D eigenvalue weighted by atomic mass is 79.9. The Kier molecular flexibility index (Phi) is 3.50. The molecule has 0 spiro atoms. The summed E-state index contributed by atoms with van der Waals surface area (Å²) in [6, 6.07) is 1.65. The normalized spacial score (nSPS) is 12.5. The molecule has 4 nitrogen and oxygen atoms in total. The maximum atomic E-state index is 9.52. The molecular formula is C8H10BrNO3. The molecule has 0 saturated heterocycles. The SMILES string of the molecule is CCOC(=N)C(O)c1occc1Br. The van der Waals surface area contributed by atoms with E-state index in [9.17, 15) is 5.11 Å². The van der Waals surface area contributed by atoms with E-state index < -0.39 is 6.10 Å². The molecule has 0 aliphatic heterocycles.